The third-order valence-corrected chi connectivity index (χ3v) is 4.27. The Morgan fingerprint density at radius 1 is 1.04 bits per heavy atom. The van der Waals surface area contributed by atoms with E-state index in [0.717, 1.165) is 0 Å². The standard InChI is InChI=1S/C22H18N2O4/c1-14-21(25)24-18-13-15(11-12-20(18)27-14)23-22(26)17-9-5-6-10-19(17)28-16-7-3-2-4-8-16/h2-14H,1H3,(H,23,26)(H,24,25). The first-order valence-electron chi connectivity index (χ1n) is 8.85. The van der Waals surface area contributed by atoms with Crippen LogP contribution in [0.5, 0.6) is 17.2 Å². The summed E-state index contributed by atoms with van der Waals surface area (Å²) >= 11 is 0. The van der Waals surface area contributed by atoms with E-state index in [0.29, 0.717) is 34.2 Å². The lowest BCUT2D eigenvalue weighted by atomic mass is 10.1. The van der Waals surface area contributed by atoms with Gasteiger partial charge in [-0.25, -0.2) is 0 Å². The lowest BCUT2D eigenvalue weighted by molar-refractivity contribution is -0.122. The van der Waals surface area contributed by atoms with Crippen LogP contribution in [0.3, 0.4) is 0 Å². The Bertz CT molecular complexity index is 1030. The van der Waals surface area contributed by atoms with Gasteiger partial charge in [0, 0.05) is 5.69 Å². The van der Waals surface area contributed by atoms with Crippen LogP contribution < -0.4 is 20.1 Å². The second-order valence-corrected chi connectivity index (χ2v) is 6.33. The maximum Gasteiger partial charge on any atom is 0.265 e. The number of nitrogens with one attached hydrogen (secondary N) is 2. The van der Waals surface area contributed by atoms with Crippen LogP contribution in [0.4, 0.5) is 11.4 Å². The van der Waals surface area contributed by atoms with Crippen LogP contribution in [0.15, 0.2) is 72.8 Å². The molecular weight excluding hydrogens is 356 g/mol. The van der Waals surface area contributed by atoms with Crippen molar-refractivity contribution in [3.8, 4) is 17.2 Å². The Balaban J connectivity index is 1.55. The topological polar surface area (TPSA) is 76.7 Å². The van der Waals surface area contributed by atoms with Crippen LogP contribution in [0.25, 0.3) is 0 Å². The zero-order valence-electron chi connectivity index (χ0n) is 15.1. The van der Waals surface area contributed by atoms with Gasteiger partial charge in [0.05, 0.1) is 11.3 Å². The van der Waals surface area contributed by atoms with Gasteiger partial charge in [0.2, 0.25) is 0 Å². The molecule has 0 bridgehead atoms. The van der Waals surface area contributed by atoms with Crippen LogP contribution in [0, 0.1) is 0 Å². The van der Waals surface area contributed by atoms with E-state index in [1.165, 1.54) is 0 Å². The molecule has 4 rings (SSSR count). The minimum Gasteiger partial charge on any atom is -0.479 e. The van der Waals surface area contributed by atoms with Crippen molar-refractivity contribution in [2.45, 2.75) is 13.0 Å². The predicted octanol–water partition coefficient (Wildman–Crippen LogP) is 4.45. The van der Waals surface area contributed by atoms with Gasteiger partial charge in [-0.15, -0.1) is 0 Å². The number of hydrogen-bond acceptors (Lipinski definition) is 4. The molecular formula is C22H18N2O4. The first-order valence-corrected chi connectivity index (χ1v) is 8.85. The van der Waals surface area contributed by atoms with Crippen molar-refractivity contribution in [1.82, 2.24) is 0 Å². The van der Waals surface area contributed by atoms with E-state index in [-0.39, 0.29) is 11.8 Å². The maximum absolute atomic E-state index is 12.8. The van der Waals surface area contributed by atoms with Gasteiger partial charge in [0.25, 0.3) is 11.8 Å². The molecule has 0 fully saturated rings. The van der Waals surface area contributed by atoms with Gasteiger partial charge in [-0.3, -0.25) is 9.59 Å². The number of carbonyl (C=O) groups is 2. The summed E-state index contributed by atoms with van der Waals surface area (Å²) in [6.45, 7) is 1.68. The van der Waals surface area contributed by atoms with E-state index >= 15 is 0 Å². The summed E-state index contributed by atoms with van der Waals surface area (Å²) in [7, 11) is 0. The largest absolute Gasteiger partial charge is 0.479 e. The fourth-order valence-electron chi connectivity index (χ4n) is 2.84. The highest BCUT2D eigenvalue weighted by Crippen LogP contribution is 2.33. The predicted molar refractivity (Wildman–Crippen MR) is 106 cm³/mol. The quantitative estimate of drug-likeness (QED) is 0.707. The molecule has 1 unspecified atom stereocenters. The average Bonchev–Trinajstić information content (AvgIpc) is 2.70. The summed E-state index contributed by atoms with van der Waals surface area (Å²) < 4.78 is 11.4. The number of hydrogen-bond donors (Lipinski definition) is 2. The van der Waals surface area contributed by atoms with Crippen LogP contribution in [-0.2, 0) is 4.79 Å². The molecule has 3 aromatic rings. The summed E-state index contributed by atoms with van der Waals surface area (Å²) in [6, 6.07) is 21.4. The smallest absolute Gasteiger partial charge is 0.265 e. The number of ether oxygens (including phenoxy) is 2. The summed E-state index contributed by atoms with van der Waals surface area (Å²) in [6.07, 6.45) is -0.546. The number of rotatable bonds is 4. The van der Waals surface area contributed by atoms with Crippen molar-refractivity contribution in [3.63, 3.8) is 0 Å². The highest BCUT2D eigenvalue weighted by Gasteiger charge is 2.24. The van der Waals surface area contributed by atoms with Gasteiger partial charge < -0.3 is 20.1 Å². The van der Waals surface area contributed by atoms with Crippen LogP contribution >= 0.6 is 0 Å². The molecule has 0 saturated heterocycles. The Morgan fingerprint density at radius 2 is 1.79 bits per heavy atom. The van der Waals surface area contributed by atoms with Crippen molar-refractivity contribution in [2.75, 3.05) is 10.6 Å². The number of fused-ring (bicyclic) bond motifs is 1. The molecule has 6 heteroatoms. The lowest BCUT2D eigenvalue weighted by Crippen LogP contribution is -2.34. The van der Waals surface area contributed by atoms with Gasteiger partial charge in [-0.2, -0.15) is 0 Å². The summed E-state index contributed by atoms with van der Waals surface area (Å²) in [5.74, 6) is 1.12. The highest BCUT2D eigenvalue weighted by atomic mass is 16.5. The molecule has 28 heavy (non-hydrogen) atoms. The molecule has 0 aromatic heterocycles. The van der Waals surface area contributed by atoms with Crippen molar-refractivity contribution < 1.29 is 19.1 Å². The molecule has 1 heterocycles. The minimum absolute atomic E-state index is 0.224. The van der Waals surface area contributed by atoms with E-state index in [1.54, 1.807) is 43.3 Å². The third kappa shape index (κ3) is 3.66. The molecule has 1 aliphatic heterocycles. The van der Waals surface area contributed by atoms with Gasteiger partial charge in [-0.1, -0.05) is 30.3 Å². The van der Waals surface area contributed by atoms with E-state index in [9.17, 15) is 9.59 Å². The van der Waals surface area contributed by atoms with Crippen LogP contribution in [0.1, 0.15) is 17.3 Å². The highest BCUT2D eigenvalue weighted by molar-refractivity contribution is 6.07. The number of anilines is 2. The fraction of sp³-hybridized carbons (Fsp3) is 0.0909. The van der Waals surface area contributed by atoms with E-state index in [1.807, 2.05) is 36.4 Å². The van der Waals surface area contributed by atoms with Crippen LogP contribution in [-0.4, -0.2) is 17.9 Å². The monoisotopic (exact) mass is 374 g/mol. The van der Waals surface area contributed by atoms with Crippen molar-refractivity contribution >= 4 is 23.2 Å². The number of carbonyl (C=O) groups excluding carboxylic acids is 2. The average molecular weight is 374 g/mol. The fourth-order valence-corrected chi connectivity index (χ4v) is 2.84. The maximum atomic E-state index is 12.8. The van der Waals surface area contributed by atoms with E-state index in [2.05, 4.69) is 10.6 Å². The summed E-state index contributed by atoms with van der Waals surface area (Å²) in [5.41, 5.74) is 1.46. The van der Waals surface area contributed by atoms with Crippen molar-refractivity contribution in [2.24, 2.45) is 0 Å². The minimum atomic E-state index is -0.546. The molecule has 0 radical (unpaired) electrons. The van der Waals surface area contributed by atoms with Gasteiger partial charge in [-0.05, 0) is 49.4 Å². The van der Waals surface area contributed by atoms with Gasteiger partial charge in [0.1, 0.15) is 17.2 Å². The molecule has 0 saturated carbocycles. The van der Waals surface area contributed by atoms with E-state index < -0.39 is 6.10 Å². The molecule has 0 aliphatic carbocycles. The molecule has 0 spiro atoms. The Labute approximate surface area is 162 Å². The molecule has 140 valence electrons. The summed E-state index contributed by atoms with van der Waals surface area (Å²) in [4.78, 5) is 24.6. The second kappa shape index (κ2) is 7.44. The molecule has 2 amide bonds. The van der Waals surface area contributed by atoms with Crippen molar-refractivity contribution in [3.05, 3.63) is 78.4 Å². The molecule has 2 N–H and O–H groups in total. The first-order chi connectivity index (χ1) is 13.6. The Morgan fingerprint density at radius 3 is 2.61 bits per heavy atom. The molecule has 3 aromatic carbocycles. The molecule has 6 nitrogen and oxygen atoms in total. The third-order valence-electron chi connectivity index (χ3n) is 4.27. The SMILES string of the molecule is CC1Oc2ccc(NC(=O)c3ccccc3Oc3ccccc3)cc2NC1=O. The summed E-state index contributed by atoms with van der Waals surface area (Å²) in [5, 5.41) is 5.60. The Hall–Kier alpha value is -3.80. The zero-order valence-corrected chi connectivity index (χ0v) is 15.1. The normalized spacial score (nSPS) is 15.0. The second-order valence-electron chi connectivity index (χ2n) is 6.33. The van der Waals surface area contributed by atoms with Gasteiger partial charge in [0.15, 0.2) is 6.10 Å². The Kier molecular flexibility index (Phi) is 4.68. The molecule has 1 aliphatic rings. The van der Waals surface area contributed by atoms with Crippen molar-refractivity contribution in [1.29, 1.82) is 0 Å². The number of amides is 2. The first kappa shape index (κ1) is 17.6. The number of benzene rings is 3. The zero-order chi connectivity index (χ0) is 19.5. The van der Waals surface area contributed by atoms with E-state index in [4.69, 9.17) is 9.47 Å². The van der Waals surface area contributed by atoms with Crippen LogP contribution in [0.2, 0.25) is 0 Å². The molecule has 1 atom stereocenters. The number of para-hydroxylation sites is 2. The van der Waals surface area contributed by atoms with Gasteiger partial charge >= 0.3 is 0 Å². The lowest BCUT2D eigenvalue weighted by Gasteiger charge is -2.23.